The maximum atomic E-state index is 12.8. The van der Waals surface area contributed by atoms with E-state index in [1.54, 1.807) is 24.3 Å². The Morgan fingerprint density at radius 2 is 2.00 bits per heavy atom. The van der Waals surface area contributed by atoms with Gasteiger partial charge in [0.15, 0.2) is 5.75 Å². The molecule has 2 aromatic carbocycles. The van der Waals surface area contributed by atoms with E-state index in [1.807, 2.05) is 0 Å². The van der Waals surface area contributed by atoms with E-state index in [2.05, 4.69) is 30.6 Å². The number of nitrogens with zero attached hydrogens (tertiary/aromatic N) is 2. The van der Waals surface area contributed by atoms with Crippen LogP contribution in [-0.2, 0) is 10.0 Å². The van der Waals surface area contributed by atoms with E-state index in [9.17, 15) is 8.42 Å². The van der Waals surface area contributed by atoms with Crippen molar-refractivity contribution in [1.82, 2.24) is 9.97 Å². The Bertz CT molecular complexity index is 1070. The van der Waals surface area contributed by atoms with Crippen molar-refractivity contribution in [2.24, 2.45) is 0 Å². The van der Waals surface area contributed by atoms with E-state index in [0.717, 1.165) is 0 Å². The summed E-state index contributed by atoms with van der Waals surface area (Å²) in [7, 11) is -2.59. The Kier molecular flexibility index (Phi) is 5.83. The van der Waals surface area contributed by atoms with Gasteiger partial charge in [-0.1, -0.05) is 17.7 Å². The average Bonchev–Trinajstić information content (AvgIpc) is 2.62. The van der Waals surface area contributed by atoms with Crippen molar-refractivity contribution in [2.45, 2.75) is 4.90 Å². The van der Waals surface area contributed by atoms with Crippen molar-refractivity contribution < 1.29 is 17.9 Å². The van der Waals surface area contributed by atoms with E-state index < -0.39 is 10.0 Å². The fourth-order valence-corrected chi connectivity index (χ4v) is 4.66. The molecular weight excluding hydrogens is 458 g/mol. The number of nitrogens with one attached hydrogen (secondary N) is 1. The lowest BCUT2D eigenvalue weighted by atomic mass is 10.3. The number of halogens is 2. The van der Waals surface area contributed by atoms with E-state index in [-0.39, 0.29) is 21.5 Å². The smallest absolute Gasteiger partial charge is 0.265 e. The highest BCUT2D eigenvalue weighted by Gasteiger charge is 2.23. The van der Waals surface area contributed by atoms with E-state index in [4.69, 9.17) is 21.1 Å². The highest BCUT2D eigenvalue weighted by atomic mass is 79.9. The summed E-state index contributed by atoms with van der Waals surface area (Å²) in [6.07, 6.45) is 4.46. The van der Waals surface area contributed by atoms with E-state index >= 15 is 0 Å². The van der Waals surface area contributed by atoms with Crippen molar-refractivity contribution >= 4 is 43.2 Å². The Balaban J connectivity index is 1.90. The topological polar surface area (TPSA) is 90.4 Å². The largest absolute Gasteiger partial charge is 0.494 e. The van der Waals surface area contributed by atoms with Crippen LogP contribution < -0.4 is 14.2 Å². The monoisotopic (exact) mass is 469 g/mol. The van der Waals surface area contributed by atoms with Gasteiger partial charge in [0.25, 0.3) is 10.0 Å². The van der Waals surface area contributed by atoms with Gasteiger partial charge in [-0.25, -0.2) is 13.4 Å². The summed E-state index contributed by atoms with van der Waals surface area (Å²) >= 11 is 9.24. The minimum atomic E-state index is -3.96. The number of hydrogen-bond acceptors (Lipinski definition) is 6. The quantitative estimate of drug-likeness (QED) is 0.571. The van der Waals surface area contributed by atoms with Crippen LogP contribution in [0.1, 0.15) is 0 Å². The molecule has 1 aromatic heterocycles. The standard InChI is InChI=1S/C17H13BrClN3O4S/c1-25-17-14(18)7-11(19)8-15(17)27(23,24)22-12-3-2-4-13(9-12)26-16-10-20-5-6-21-16/h2-10,22H,1H3. The second-order valence-corrected chi connectivity index (χ2v) is 8.14. The summed E-state index contributed by atoms with van der Waals surface area (Å²) < 4.78 is 39.3. The molecule has 0 radical (unpaired) electrons. The molecule has 0 amide bonds. The molecule has 0 bridgehead atoms. The zero-order valence-electron chi connectivity index (χ0n) is 13.9. The maximum Gasteiger partial charge on any atom is 0.265 e. The summed E-state index contributed by atoms with van der Waals surface area (Å²) in [5.41, 5.74) is 0.301. The van der Waals surface area contributed by atoms with Crippen LogP contribution in [0.15, 0.2) is 64.4 Å². The van der Waals surface area contributed by atoms with Gasteiger partial charge in [0, 0.05) is 23.5 Å². The predicted molar refractivity (Wildman–Crippen MR) is 105 cm³/mol. The molecule has 7 nitrogen and oxygen atoms in total. The first-order chi connectivity index (χ1) is 12.9. The summed E-state index contributed by atoms with van der Waals surface area (Å²) in [5.74, 6) is 0.840. The van der Waals surface area contributed by atoms with Crippen LogP contribution in [0.25, 0.3) is 0 Å². The van der Waals surface area contributed by atoms with E-state index in [1.165, 1.54) is 37.8 Å². The fourth-order valence-electron chi connectivity index (χ4n) is 2.23. The lowest BCUT2D eigenvalue weighted by Gasteiger charge is -2.14. The highest BCUT2D eigenvalue weighted by molar-refractivity contribution is 9.10. The fraction of sp³-hybridized carbons (Fsp3) is 0.0588. The zero-order chi connectivity index (χ0) is 19.4. The second-order valence-electron chi connectivity index (χ2n) is 5.20. The molecule has 0 aliphatic carbocycles. The number of hydrogen-bond donors (Lipinski definition) is 1. The van der Waals surface area contributed by atoms with Gasteiger partial charge in [0.1, 0.15) is 10.6 Å². The first-order valence-electron chi connectivity index (χ1n) is 7.49. The number of aromatic nitrogens is 2. The molecule has 140 valence electrons. The molecule has 3 rings (SSSR count). The normalized spacial score (nSPS) is 11.1. The molecule has 0 atom stereocenters. The number of anilines is 1. The molecular formula is C17H13BrClN3O4S. The van der Waals surface area contributed by atoms with Crippen molar-refractivity contribution in [1.29, 1.82) is 0 Å². The van der Waals surface area contributed by atoms with Crippen molar-refractivity contribution in [2.75, 3.05) is 11.8 Å². The van der Waals surface area contributed by atoms with Gasteiger partial charge in [-0.2, -0.15) is 0 Å². The number of rotatable bonds is 6. The van der Waals surface area contributed by atoms with Gasteiger partial charge in [-0.3, -0.25) is 9.71 Å². The van der Waals surface area contributed by atoms with Crippen LogP contribution in [0.5, 0.6) is 17.4 Å². The third-order valence-electron chi connectivity index (χ3n) is 3.32. The highest BCUT2D eigenvalue weighted by Crippen LogP contribution is 2.36. The third kappa shape index (κ3) is 4.68. The van der Waals surface area contributed by atoms with Crippen molar-refractivity contribution in [3.05, 3.63) is 64.5 Å². The Labute approximate surface area is 169 Å². The Morgan fingerprint density at radius 1 is 1.19 bits per heavy atom. The minimum absolute atomic E-state index is 0.0929. The second kappa shape index (κ2) is 8.12. The minimum Gasteiger partial charge on any atom is -0.494 e. The molecule has 1 heterocycles. The van der Waals surface area contributed by atoms with Crippen molar-refractivity contribution in [3.63, 3.8) is 0 Å². The molecule has 0 unspecified atom stereocenters. The summed E-state index contributed by atoms with van der Waals surface area (Å²) in [6, 6.07) is 9.30. The molecule has 3 aromatic rings. The van der Waals surface area contributed by atoms with Gasteiger partial charge >= 0.3 is 0 Å². The summed E-state index contributed by atoms with van der Waals surface area (Å²) in [6.45, 7) is 0. The van der Waals surface area contributed by atoms with Gasteiger partial charge in [0.05, 0.1) is 23.5 Å². The number of ether oxygens (including phenoxy) is 2. The summed E-state index contributed by atoms with van der Waals surface area (Å²) in [5, 5.41) is 0.253. The molecule has 0 saturated carbocycles. The molecule has 0 saturated heterocycles. The van der Waals surface area contributed by atoms with Crippen LogP contribution >= 0.6 is 27.5 Å². The van der Waals surface area contributed by atoms with Crippen LogP contribution in [0, 0.1) is 0 Å². The lowest BCUT2D eigenvalue weighted by molar-refractivity contribution is 0.400. The number of benzene rings is 2. The van der Waals surface area contributed by atoms with Crippen LogP contribution in [0.3, 0.4) is 0 Å². The summed E-state index contributed by atoms with van der Waals surface area (Å²) in [4.78, 5) is 7.82. The zero-order valence-corrected chi connectivity index (χ0v) is 17.0. The van der Waals surface area contributed by atoms with Gasteiger partial charge in [-0.15, -0.1) is 0 Å². The third-order valence-corrected chi connectivity index (χ3v) is 5.51. The van der Waals surface area contributed by atoms with E-state index in [0.29, 0.717) is 15.9 Å². The first kappa shape index (κ1) is 19.4. The van der Waals surface area contributed by atoms with Crippen LogP contribution in [0.2, 0.25) is 5.02 Å². The van der Waals surface area contributed by atoms with Crippen molar-refractivity contribution in [3.8, 4) is 17.4 Å². The molecule has 27 heavy (non-hydrogen) atoms. The predicted octanol–water partition coefficient (Wildman–Crippen LogP) is 4.49. The molecule has 1 N–H and O–H groups in total. The molecule has 0 fully saturated rings. The molecule has 0 aliphatic heterocycles. The molecule has 10 heteroatoms. The molecule has 0 aliphatic rings. The van der Waals surface area contributed by atoms with Gasteiger partial charge in [0.2, 0.25) is 5.88 Å². The molecule has 0 spiro atoms. The van der Waals surface area contributed by atoms with Gasteiger partial charge < -0.3 is 9.47 Å². The average molecular weight is 471 g/mol. The Morgan fingerprint density at radius 3 is 2.70 bits per heavy atom. The number of methoxy groups -OCH3 is 1. The van der Waals surface area contributed by atoms with Crippen LogP contribution in [0.4, 0.5) is 5.69 Å². The number of sulfonamides is 1. The maximum absolute atomic E-state index is 12.8. The van der Waals surface area contributed by atoms with Crippen LogP contribution in [-0.4, -0.2) is 25.5 Å². The van der Waals surface area contributed by atoms with Gasteiger partial charge in [-0.05, 0) is 40.2 Å². The SMILES string of the molecule is COc1c(Br)cc(Cl)cc1S(=O)(=O)Nc1cccc(Oc2cnccn2)c1. The Hall–Kier alpha value is -2.36. The lowest BCUT2D eigenvalue weighted by Crippen LogP contribution is -2.14. The first-order valence-corrected chi connectivity index (χ1v) is 10.1.